The molecular weight excluding hydrogens is 968 g/mol. The van der Waals surface area contributed by atoms with Crippen LogP contribution in [-0.2, 0) is 4.79 Å². The Balaban J connectivity index is -0.000000109. The number of aliphatic carboxylic acids is 1. The molecule has 0 heterocycles. The van der Waals surface area contributed by atoms with Crippen molar-refractivity contribution in [2.75, 3.05) is 159 Å². The highest BCUT2D eigenvalue weighted by Gasteiger charge is 2.30. The Kier molecular flexibility index (Phi) is 72.6. The van der Waals surface area contributed by atoms with Crippen LogP contribution in [0.4, 0.5) is 0 Å². The van der Waals surface area contributed by atoms with E-state index in [2.05, 4.69) is 20.4 Å². The molecule has 26 nitrogen and oxygen atoms in total. The highest BCUT2D eigenvalue weighted by Crippen LogP contribution is 2.16. The van der Waals surface area contributed by atoms with Gasteiger partial charge in [0.25, 0.3) is 0 Å². The number of aliphatic hydroxyl groups excluding tert-OH is 24. The van der Waals surface area contributed by atoms with Crippen molar-refractivity contribution in [3.63, 3.8) is 0 Å². The minimum Gasteiger partial charge on any atom is -0.478 e. The van der Waals surface area contributed by atoms with Crippen LogP contribution in [0.3, 0.4) is 0 Å². The van der Waals surface area contributed by atoms with Crippen LogP contribution in [0.25, 0.3) is 0 Å². The topological polar surface area (TPSA) is 523 Å². The Morgan fingerprint density at radius 1 is 0.264 bits per heavy atom. The predicted octanol–water partition coefficient (Wildman–Crippen LogP) is -6.77. The third kappa shape index (κ3) is 45.6. The van der Waals surface area contributed by atoms with E-state index >= 15 is 0 Å². The Hall–Kier alpha value is -1.75. The van der Waals surface area contributed by atoms with Crippen LogP contribution in [0.15, 0.2) is 12.7 Å². The highest BCUT2D eigenvalue weighted by atomic mass is 16.4. The second-order valence-corrected chi connectivity index (χ2v) is 17.5. The normalized spacial score (nSPS) is 11.4. The lowest BCUT2D eigenvalue weighted by atomic mass is 9.93. The molecule has 26 heteroatoms. The molecule has 0 radical (unpaired) electrons. The quantitative estimate of drug-likeness (QED) is 0.0207. The van der Waals surface area contributed by atoms with Crippen molar-refractivity contribution < 1.29 is 132 Å². The van der Waals surface area contributed by atoms with Gasteiger partial charge in [-0.15, -0.1) is 0 Å². The van der Waals surface area contributed by atoms with Crippen LogP contribution in [0, 0.1) is 32.5 Å². The molecule has 0 spiro atoms. The second kappa shape index (κ2) is 60.1. The van der Waals surface area contributed by atoms with E-state index in [0.717, 1.165) is 6.08 Å². The maximum atomic E-state index is 9.25. The lowest BCUT2D eigenvalue weighted by molar-refractivity contribution is -0.131. The van der Waals surface area contributed by atoms with Crippen LogP contribution in [0.2, 0.25) is 0 Å². The van der Waals surface area contributed by atoms with Gasteiger partial charge in [0.1, 0.15) is 0 Å². The molecule has 0 fully saturated rings. The Labute approximate surface area is 426 Å². The minimum atomic E-state index is -1.11. The molecule has 0 rings (SSSR count). The fourth-order valence-corrected chi connectivity index (χ4v) is 3.54. The Morgan fingerprint density at radius 3 is 0.389 bits per heavy atom. The smallest absolute Gasteiger partial charge is 0.327 e. The molecule has 0 saturated carbocycles. The van der Waals surface area contributed by atoms with Gasteiger partial charge in [0.15, 0.2) is 0 Å². The zero-order chi connectivity index (χ0) is 58.0. The lowest BCUT2D eigenvalue weighted by Crippen LogP contribution is -2.37. The summed E-state index contributed by atoms with van der Waals surface area (Å²) in [4.78, 5) is 9.25. The summed E-state index contributed by atoms with van der Waals surface area (Å²) in [5.74, 6) is -0.981. The number of rotatable bonds is 35. The molecule has 0 aliphatic carbocycles. The zero-order valence-electron chi connectivity index (χ0n) is 43.1. The molecule has 0 bridgehead atoms. The van der Waals surface area contributed by atoms with Gasteiger partial charge in [0, 0.05) is 6.08 Å². The van der Waals surface area contributed by atoms with E-state index in [4.69, 9.17) is 128 Å². The molecule has 72 heavy (non-hydrogen) atoms. The summed E-state index contributed by atoms with van der Waals surface area (Å²) in [6.45, 7) is -2.22. The van der Waals surface area contributed by atoms with Gasteiger partial charge in [-0.2, -0.15) is 0 Å². The van der Waals surface area contributed by atoms with Gasteiger partial charge in [-0.25, -0.2) is 4.79 Å². The van der Waals surface area contributed by atoms with E-state index in [1.165, 1.54) is 70.6 Å². The summed E-state index contributed by atoms with van der Waals surface area (Å²) in [6.07, 6.45) is 16.8. The van der Waals surface area contributed by atoms with Crippen molar-refractivity contribution in [3.8, 4) is 0 Å². The van der Waals surface area contributed by atoms with Gasteiger partial charge in [-0.3, -0.25) is 0 Å². The molecule has 0 aromatic carbocycles. The van der Waals surface area contributed by atoms with E-state index in [9.17, 15) is 4.79 Å². The fourth-order valence-electron chi connectivity index (χ4n) is 3.54. The maximum absolute atomic E-state index is 9.25. The number of hydrogen-bond donors (Lipinski definition) is 25. The number of unbranched alkanes of at least 4 members (excludes halogenated alkanes) is 10. The van der Waals surface area contributed by atoms with Crippen LogP contribution < -0.4 is 0 Å². The standard InChI is InChI=1S/C13H28.6C5H12O4.C3H4O2/c1-3-5-7-9-11-13-12-10-8-6-4-2;6*6-1-5(2-7,3-8)4-9;1-2-3(4)5/h3-13H2,1-2H3;6*6-9H,1-4H2;2H,1H2,(H,4,5). The van der Waals surface area contributed by atoms with E-state index in [0.29, 0.717) is 0 Å². The molecule has 0 aliphatic heterocycles. The first kappa shape index (κ1) is 86.9. The summed E-state index contributed by atoms with van der Waals surface area (Å²) >= 11 is 0. The van der Waals surface area contributed by atoms with Crippen molar-refractivity contribution in [1.29, 1.82) is 0 Å². The molecule has 0 amide bonds. The first-order chi connectivity index (χ1) is 34.1. The van der Waals surface area contributed by atoms with E-state index in [1.54, 1.807) is 0 Å². The number of carbonyl (C=O) groups is 1. The molecule has 0 unspecified atom stereocenters. The summed E-state index contributed by atoms with van der Waals surface area (Å²) in [5.41, 5.74) is -6.67. The Bertz CT molecular complexity index is 767. The largest absolute Gasteiger partial charge is 0.478 e. The van der Waals surface area contributed by atoms with Crippen molar-refractivity contribution in [3.05, 3.63) is 12.7 Å². The van der Waals surface area contributed by atoms with E-state index < -0.39 is 197 Å². The first-order valence-electron chi connectivity index (χ1n) is 23.6. The molecule has 0 aliphatic rings. The van der Waals surface area contributed by atoms with Crippen LogP contribution >= 0.6 is 0 Å². The number of hydrogen-bond acceptors (Lipinski definition) is 25. The SMILES string of the molecule is C=CC(=O)O.CCCCCCCCCCCCC.OCC(CO)(CO)CO.OCC(CO)(CO)CO.OCC(CO)(CO)CO.OCC(CO)(CO)CO.OCC(CO)(CO)CO.OCC(CO)(CO)CO. The monoisotopic (exact) mass is 1070 g/mol. The van der Waals surface area contributed by atoms with Crippen LogP contribution in [-0.4, -0.2) is 292 Å². The van der Waals surface area contributed by atoms with Gasteiger partial charge in [-0.1, -0.05) is 91.1 Å². The molecule has 0 atom stereocenters. The average Bonchev–Trinajstić information content (AvgIpc) is 3.44. The Morgan fingerprint density at radius 2 is 0.347 bits per heavy atom. The summed E-state index contributed by atoms with van der Waals surface area (Å²) in [5, 5.41) is 212. The van der Waals surface area contributed by atoms with Crippen molar-refractivity contribution in [2.24, 2.45) is 32.5 Å². The molecule has 0 saturated heterocycles. The number of carboxylic acids is 1. The molecule has 0 aromatic heterocycles. The third-order valence-electron chi connectivity index (χ3n) is 10.9. The van der Waals surface area contributed by atoms with Gasteiger partial charge < -0.3 is 128 Å². The third-order valence-corrected chi connectivity index (χ3v) is 10.9. The van der Waals surface area contributed by atoms with Gasteiger partial charge in [0.2, 0.25) is 0 Å². The van der Waals surface area contributed by atoms with E-state index in [-0.39, 0.29) is 0 Å². The summed E-state index contributed by atoms with van der Waals surface area (Å²) < 4.78 is 0. The van der Waals surface area contributed by atoms with Crippen molar-refractivity contribution in [1.82, 2.24) is 0 Å². The number of carboxylic acid groups (broad SMARTS) is 1. The maximum Gasteiger partial charge on any atom is 0.327 e. The van der Waals surface area contributed by atoms with E-state index in [1.807, 2.05) is 0 Å². The van der Waals surface area contributed by atoms with Crippen LogP contribution in [0.1, 0.15) is 84.5 Å². The minimum absolute atomic E-state index is 0.406. The summed E-state index contributed by atoms with van der Waals surface area (Å²) in [7, 11) is 0. The molecule has 25 N–H and O–H groups in total. The molecular formula is C46H104O26. The van der Waals surface area contributed by atoms with Gasteiger partial charge in [-0.05, 0) is 0 Å². The molecule has 444 valence electrons. The average molecular weight is 1070 g/mol. The highest BCUT2D eigenvalue weighted by molar-refractivity contribution is 5.78. The van der Waals surface area contributed by atoms with Gasteiger partial charge in [0.05, 0.1) is 191 Å². The lowest BCUT2D eigenvalue weighted by Gasteiger charge is -2.23. The van der Waals surface area contributed by atoms with Crippen molar-refractivity contribution >= 4 is 5.97 Å². The predicted molar refractivity (Wildman–Crippen MR) is 265 cm³/mol. The van der Waals surface area contributed by atoms with Crippen molar-refractivity contribution in [2.45, 2.75) is 84.5 Å². The number of aliphatic hydroxyl groups is 24. The molecule has 0 aromatic rings. The zero-order valence-corrected chi connectivity index (χ0v) is 43.1. The summed E-state index contributed by atoms with van der Waals surface area (Å²) in [6, 6.07) is 0. The first-order valence-corrected chi connectivity index (χ1v) is 23.6. The van der Waals surface area contributed by atoms with Gasteiger partial charge >= 0.3 is 5.97 Å². The van der Waals surface area contributed by atoms with Crippen LogP contribution in [0.5, 0.6) is 0 Å². The second-order valence-electron chi connectivity index (χ2n) is 17.5. The fraction of sp³-hybridized carbons (Fsp3) is 0.935.